The summed E-state index contributed by atoms with van der Waals surface area (Å²) in [4.78, 5) is 12.6. The summed E-state index contributed by atoms with van der Waals surface area (Å²) in [5.41, 5.74) is 2.85. The zero-order chi connectivity index (χ0) is 20.1. The van der Waals surface area contributed by atoms with Crippen LogP contribution >= 0.6 is 0 Å². The van der Waals surface area contributed by atoms with Crippen molar-refractivity contribution >= 4 is 5.91 Å². The van der Waals surface area contributed by atoms with E-state index >= 15 is 0 Å². The molecule has 5 nitrogen and oxygen atoms in total. The quantitative estimate of drug-likeness (QED) is 0.669. The molecule has 3 rings (SSSR count). The standard InChI is InChI=1S/C21H21F2N3O2/c1-3-26-12-16(14(2)25-26)11-24-21(27)18-7-5-4-6-15(18)13-28-20-9-8-17(22)10-19(20)23/h4-10,12H,3,11,13H2,1-2H3,(H,24,27). The van der Waals surface area contributed by atoms with Gasteiger partial charge in [0.15, 0.2) is 11.6 Å². The number of rotatable bonds is 7. The van der Waals surface area contributed by atoms with Crippen molar-refractivity contribution in [1.82, 2.24) is 15.1 Å². The Morgan fingerprint density at radius 2 is 1.96 bits per heavy atom. The van der Waals surface area contributed by atoms with E-state index in [1.165, 1.54) is 6.07 Å². The third-order valence-electron chi connectivity index (χ3n) is 4.35. The topological polar surface area (TPSA) is 56.2 Å². The Labute approximate surface area is 161 Å². The van der Waals surface area contributed by atoms with E-state index in [4.69, 9.17) is 4.74 Å². The van der Waals surface area contributed by atoms with Crippen LogP contribution in [0.5, 0.6) is 5.75 Å². The van der Waals surface area contributed by atoms with Gasteiger partial charge in [0.25, 0.3) is 5.91 Å². The molecule has 1 amide bonds. The summed E-state index contributed by atoms with van der Waals surface area (Å²) in [6.45, 7) is 4.99. The van der Waals surface area contributed by atoms with Gasteiger partial charge in [-0.2, -0.15) is 5.10 Å². The molecule has 2 aromatic carbocycles. The summed E-state index contributed by atoms with van der Waals surface area (Å²) in [6, 6.07) is 10.0. The van der Waals surface area contributed by atoms with Crippen LogP contribution in [0.25, 0.3) is 0 Å². The summed E-state index contributed by atoms with van der Waals surface area (Å²) in [7, 11) is 0. The van der Waals surface area contributed by atoms with E-state index in [2.05, 4.69) is 10.4 Å². The number of nitrogens with one attached hydrogen (secondary N) is 1. The van der Waals surface area contributed by atoms with Gasteiger partial charge in [-0.1, -0.05) is 18.2 Å². The molecular weight excluding hydrogens is 364 g/mol. The molecule has 3 aromatic rings. The van der Waals surface area contributed by atoms with Gasteiger partial charge in [0, 0.05) is 42.0 Å². The molecular formula is C21H21F2N3O2. The molecule has 0 saturated carbocycles. The Balaban J connectivity index is 1.68. The molecule has 0 aliphatic heterocycles. The van der Waals surface area contributed by atoms with Crippen molar-refractivity contribution < 1.29 is 18.3 Å². The van der Waals surface area contributed by atoms with E-state index in [0.29, 0.717) is 17.7 Å². The molecule has 0 aliphatic carbocycles. The Kier molecular flexibility index (Phi) is 6.03. The number of ether oxygens (including phenoxy) is 1. The molecule has 1 aromatic heterocycles. The highest BCUT2D eigenvalue weighted by molar-refractivity contribution is 5.95. The van der Waals surface area contributed by atoms with E-state index in [9.17, 15) is 13.6 Å². The summed E-state index contributed by atoms with van der Waals surface area (Å²) < 4.78 is 34.0. The highest BCUT2D eigenvalue weighted by atomic mass is 19.1. The normalized spacial score (nSPS) is 10.7. The molecule has 0 unspecified atom stereocenters. The van der Waals surface area contributed by atoms with Crippen LogP contribution in [-0.4, -0.2) is 15.7 Å². The van der Waals surface area contributed by atoms with Crippen LogP contribution in [0, 0.1) is 18.6 Å². The number of carbonyl (C=O) groups is 1. The largest absolute Gasteiger partial charge is 0.486 e. The molecule has 0 radical (unpaired) electrons. The number of halogens is 2. The molecule has 0 atom stereocenters. The van der Waals surface area contributed by atoms with Crippen LogP contribution < -0.4 is 10.1 Å². The molecule has 7 heteroatoms. The van der Waals surface area contributed by atoms with Gasteiger partial charge in [-0.25, -0.2) is 8.78 Å². The van der Waals surface area contributed by atoms with Gasteiger partial charge in [0.1, 0.15) is 12.4 Å². The highest BCUT2D eigenvalue weighted by Gasteiger charge is 2.13. The lowest BCUT2D eigenvalue weighted by atomic mass is 10.1. The summed E-state index contributed by atoms with van der Waals surface area (Å²) in [5, 5.41) is 7.24. The minimum Gasteiger partial charge on any atom is -0.486 e. The number of aryl methyl sites for hydroxylation is 2. The Hall–Kier alpha value is -3.22. The van der Waals surface area contributed by atoms with Gasteiger partial charge in [-0.3, -0.25) is 9.48 Å². The molecule has 0 bridgehead atoms. The molecule has 0 fully saturated rings. The van der Waals surface area contributed by atoms with Crippen molar-refractivity contribution in [1.29, 1.82) is 0 Å². The highest BCUT2D eigenvalue weighted by Crippen LogP contribution is 2.20. The first-order valence-electron chi connectivity index (χ1n) is 8.94. The molecule has 0 aliphatic rings. The second-order valence-electron chi connectivity index (χ2n) is 6.30. The van der Waals surface area contributed by atoms with E-state index < -0.39 is 11.6 Å². The van der Waals surface area contributed by atoms with E-state index in [1.54, 1.807) is 24.3 Å². The van der Waals surface area contributed by atoms with Crippen molar-refractivity contribution in [2.45, 2.75) is 33.5 Å². The van der Waals surface area contributed by atoms with Crippen molar-refractivity contribution in [3.05, 3.63) is 82.7 Å². The Morgan fingerprint density at radius 3 is 2.68 bits per heavy atom. The maximum atomic E-state index is 13.7. The zero-order valence-corrected chi connectivity index (χ0v) is 15.7. The van der Waals surface area contributed by atoms with Crippen LogP contribution in [0.1, 0.15) is 34.1 Å². The first kappa shape index (κ1) is 19.5. The third-order valence-corrected chi connectivity index (χ3v) is 4.35. The van der Waals surface area contributed by atoms with Crippen LogP contribution in [0.15, 0.2) is 48.7 Å². The van der Waals surface area contributed by atoms with Gasteiger partial charge in [-0.05, 0) is 32.0 Å². The van der Waals surface area contributed by atoms with Gasteiger partial charge >= 0.3 is 0 Å². The van der Waals surface area contributed by atoms with E-state index in [0.717, 1.165) is 29.9 Å². The number of hydrogen-bond donors (Lipinski definition) is 1. The molecule has 146 valence electrons. The molecule has 28 heavy (non-hydrogen) atoms. The van der Waals surface area contributed by atoms with Crippen LogP contribution in [-0.2, 0) is 19.7 Å². The second-order valence-corrected chi connectivity index (χ2v) is 6.30. The smallest absolute Gasteiger partial charge is 0.251 e. The van der Waals surface area contributed by atoms with Gasteiger partial charge in [0.2, 0.25) is 0 Å². The van der Waals surface area contributed by atoms with Crippen LogP contribution in [0.2, 0.25) is 0 Å². The minimum absolute atomic E-state index is 0.0149. The molecule has 0 spiro atoms. The maximum absolute atomic E-state index is 13.7. The Bertz CT molecular complexity index is 986. The van der Waals surface area contributed by atoms with Crippen molar-refractivity contribution in [2.75, 3.05) is 0 Å². The molecule has 1 heterocycles. The van der Waals surface area contributed by atoms with Crippen molar-refractivity contribution in [3.8, 4) is 5.75 Å². The number of aromatic nitrogens is 2. The lowest BCUT2D eigenvalue weighted by Gasteiger charge is -2.12. The predicted octanol–water partition coefficient (Wildman–Crippen LogP) is 4.00. The number of amides is 1. The fourth-order valence-electron chi connectivity index (χ4n) is 2.78. The fourth-order valence-corrected chi connectivity index (χ4v) is 2.78. The van der Waals surface area contributed by atoms with Crippen LogP contribution in [0.4, 0.5) is 8.78 Å². The maximum Gasteiger partial charge on any atom is 0.251 e. The lowest BCUT2D eigenvalue weighted by molar-refractivity contribution is 0.0948. The first-order valence-corrected chi connectivity index (χ1v) is 8.94. The van der Waals surface area contributed by atoms with Gasteiger partial charge in [-0.15, -0.1) is 0 Å². The Morgan fingerprint density at radius 1 is 1.18 bits per heavy atom. The van der Waals surface area contributed by atoms with Crippen molar-refractivity contribution in [3.63, 3.8) is 0 Å². The van der Waals surface area contributed by atoms with Gasteiger partial charge < -0.3 is 10.1 Å². The monoisotopic (exact) mass is 385 g/mol. The van der Waals surface area contributed by atoms with Crippen molar-refractivity contribution in [2.24, 2.45) is 0 Å². The number of nitrogens with zero attached hydrogens (tertiary/aromatic N) is 2. The number of benzene rings is 2. The lowest BCUT2D eigenvalue weighted by Crippen LogP contribution is -2.24. The summed E-state index contributed by atoms with van der Waals surface area (Å²) in [5.74, 6) is -1.79. The molecule has 0 saturated heterocycles. The first-order chi connectivity index (χ1) is 13.5. The SMILES string of the molecule is CCn1cc(CNC(=O)c2ccccc2COc2ccc(F)cc2F)c(C)n1. The number of carbonyl (C=O) groups excluding carboxylic acids is 1. The molecule has 1 N–H and O–H groups in total. The van der Waals surface area contributed by atoms with E-state index in [-0.39, 0.29) is 18.3 Å². The fraction of sp³-hybridized carbons (Fsp3) is 0.238. The van der Waals surface area contributed by atoms with E-state index in [1.807, 2.05) is 24.7 Å². The second kappa shape index (κ2) is 8.65. The average molecular weight is 385 g/mol. The minimum atomic E-state index is -0.787. The van der Waals surface area contributed by atoms with Gasteiger partial charge in [0.05, 0.1) is 5.69 Å². The predicted molar refractivity (Wildman–Crippen MR) is 101 cm³/mol. The third kappa shape index (κ3) is 4.54. The average Bonchev–Trinajstić information content (AvgIpc) is 3.05. The zero-order valence-electron chi connectivity index (χ0n) is 15.7. The number of hydrogen-bond acceptors (Lipinski definition) is 3. The van der Waals surface area contributed by atoms with Crippen LogP contribution in [0.3, 0.4) is 0 Å². The summed E-state index contributed by atoms with van der Waals surface area (Å²) in [6.07, 6.45) is 1.90. The summed E-state index contributed by atoms with van der Waals surface area (Å²) >= 11 is 0.